The number of hydrogen-bond donors (Lipinski definition) is 1. The summed E-state index contributed by atoms with van der Waals surface area (Å²) in [6, 6.07) is 24.6. The van der Waals surface area contributed by atoms with E-state index in [1.54, 1.807) is 17.6 Å². The van der Waals surface area contributed by atoms with Crippen molar-refractivity contribution in [1.82, 2.24) is 9.97 Å². The van der Waals surface area contributed by atoms with Crippen molar-refractivity contribution in [3.8, 4) is 0 Å². The van der Waals surface area contributed by atoms with Crippen molar-refractivity contribution in [1.29, 1.82) is 0 Å². The third-order valence-electron chi connectivity index (χ3n) is 8.38. The van der Waals surface area contributed by atoms with Crippen LogP contribution in [0, 0.1) is 0 Å². The summed E-state index contributed by atoms with van der Waals surface area (Å²) in [5.41, 5.74) is -1.26. The Labute approximate surface area is 337 Å². The van der Waals surface area contributed by atoms with Crippen LogP contribution < -0.4 is 9.80 Å². The Kier molecular flexibility index (Phi) is 12.2. The van der Waals surface area contributed by atoms with Gasteiger partial charge < -0.3 is 18.9 Å². The molecule has 15 nitrogen and oxygen atoms in total. The zero-order valence-electron chi connectivity index (χ0n) is 28.9. The minimum atomic E-state index is -5.78. The molecule has 0 saturated carbocycles. The van der Waals surface area contributed by atoms with Gasteiger partial charge in [-0.25, -0.2) is 13.4 Å². The predicted octanol–water partition coefficient (Wildman–Crippen LogP) is 10.1. The van der Waals surface area contributed by atoms with Gasteiger partial charge in [0.1, 0.15) is 16.8 Å². The van der Waals surface area contributed by atoms with Crippen LogP contribution in [0.1, 0.15) is 11.1 Å². The van der Waals surface area contributed by atoms with Gasteiger partial charge in [0.05, 0.1) is 11.9 Å². The van der Waals surface area contributed by atoms with E-state index in [1.807, 2.05) is 70.5 Å². The van der Waals surface area contributed by atoms with Crippen LogP contribution in [-0.4, -0.2) is 50.0 Å². The smallest absolute Gasteiger partial charge is 0.483 e. The summed E-state index contributed by atoms with van der Waals surface area (Å²) in [7, 11) is -10.2. The van der Waals surface area contributed by atoms with Crippen molar-refractivity contribution in [3.05, 3.63) is 125 Å². The van der Waals surface area contributed by atoms with E-state index in [-0.39, 0.29) is 38.8 Å². The zero-order chi connectivity index (χ0) is 39.5. The molecule has 1 N–H and O–H groups in total. The summed E-state index contributed by atoms with van der Waals surface area (Å²) in [6.45, 7) is 1.28. The average molecular weight is 882 g/mol. The average Bonchev–Trinajstić information content (AvgIpc) is 4.01. The molecule has 0 unspecified atom stereocenters. The molecular weight excluding hydrogens is 854 g/mol. The Morgan fingerprint density at radius 1 is 0.754 bits per heavy atom. The summed E-state index contributed by atoms with van der Waals surface area (Å²) < 4.78 is 103. The second-order valence-corrected chi connectivity index (χ2v) is 15.8. The minimum absolute atomic E-state index is 0. The fraction of sp³-hybridized carbons (Fsp3) is 0.143. The largest absolute Gasteiger partial charge is 0.568 e. The van der Waals surface area contributed by atoms with Crippen LogP contribution in [0.15, 0.2) is 139 Å². The molecule has 298 valence electrons. The minimum Gasteiger partial charge on any atom is -0.568 e. The van der Waals surface area contributed by atoms with Crippen molar-refractivity contribution in [3.63, 3.8) is 0 Å². The van der Waals surface area contributed by atoms with Crippen LogP contribution in [0.25, 0.3) is 4.72 Å². The number of anilines is 4. The Morgan fingerprint density at radius 2 is 1.33 bits per heavy atom. The van der Waals surface area contributed by atoms with E-state index in [2.05, 4.69) is 35.1 Å². The first kappa shape index (κ1) is 41.1. The maximum absolute atomic E-state index is 12.9. The van der Waals surface area contributed by atoms with Crippen LogP contribution >= 0.6 is 11.3 Å². The number of hydrogen-bond acceptors (Lipinski definition) is 14. The fourth-order valence-electron chi connectivity index (χ4n) is 5.91. The Hall–Kier alpha value is -5.54. The molecule has 8 rings (SSSR count). The first-order chi connectivity index (χ1) is 26.8. The molecule has 0 saturated heterocycles. The molecule has 4 aromatic carbocycles. The number of thiazole rings is 1. The van der Waals surface area contributed by atoms with Crippen LogP contribution in [0.4, 0.5) is 64.1 Å². The zero-order valence-corrected chi connectivity index (χ0v) is 32.3. The van der Waals surface area contributed by atoms with E-state index in [0.717, 1.165) is 41.2 Å². The second kappa shape index (κ2) is 16.9. The SMILES string of the molecule is O=S(=O)(O)c1cc2c(cc1N=Nc1nccs1)CCN2c1ccccc1.O=S(=O)([N-]c1cc2c(cc1N=Nc1ncco1)CCN2c1ccccc1)C(F)(F)F.[Ni]. The number of halogens is 3. The fourth-order valence-corrected chi connectivity index (χ4v) is 7.50. The monoisotopic (exact) mass is 880 g/mol. The third-order valence-corrected chi connectivity index (χ3v) is 10.9. The number of benzene rings is 4. The molecule has 2 aliphatic heterocycles. The summed E-state index contributed by atoms with van der Waals surface area (Å²) in [5, 5.41) is 17.6. The standard InChI is InChI=1S/C18H13F3N5O3S.C17H14N4O3S2.Ni/c19-18(20,21)30(27,28)25-15-11-16-12(6-8-26(16)13-4-2-1-3-5-13)10-14(15)23-24-17-22-7-9-29-17;22-26(23,24)16-11-15-12(6-8-21(15)13-4-2-1-3-5-13)10-14(16)19-20-17-18-7-9-25-17;/h1-5,7,9-11H,6,8H2;1-5,7,9-11H,6,8H2,(H,22,23,24);/q-1;;. The summed E-state index contributed by atoms with van der Waals surface area (Å²) >= 11 is 1.29. The molecule has 22 heteroatoms. The van der Waals surface area contributed by atoms with Gasteiger partial charge in [0.2, 0.25) is 5.13 Å². The normalized spacial score (nSPS) is 14.0. The Bertz CT molecular complexity index is 2620. The van der Waals surface area contributed by atoms with E-state index >= 15 is 0 Å². The number of sulfonamides is 1. The van der Waals surface area contributed by atoms with Crippen LogP contribution in [0.5, 0.6) is 0 Å². The number of rotatable bonds is 9. The van der Waals surface area contributed by atoms with Gasteiger partial charge in [0, 0.05) is 63.9 Å². The topological polar surface area (TPSA) is 197 Å². The van der Waals surface area contributed by atoms with Gasteiger partial charge in [-0.3, -0.25) is 4.55 Å². The van der Waals surface area contributed by atoms with Gasteiger partial charge in [0.15, 0.2) is 10.0 Å². The third kappa shape index (κ3) is 9.37. The molecule has 2 aromatic heterocycles. The number of para-hydroxylation sites is 2. The number of alkyl halides is 3. The molecule has 0 aliphatic carbocycles. The molecule has 0 amide bonds. The number of azo groups is 2. The first-order valence-electron chi connectivity index (χ1n) is 16.4. The van der Waals surface area contributed by atoms with E-state index in [9.17, 15) is 34.6 Å². The molecule has 0 spiro atoms. The van der Waals surface area contributed by atoms with Gasteiger partial charge in [-0.1, -0.05) is 53.3 Å². The van der Waals surface area contributed by atoms with Gasteiger partial charge in [-0.15, -0.1) is 26.7 Å². The number of oxazole rings is 1. The Balaban J connectivity index is 0.000000191. The van der Waals surface area contributed by atoms with E-state index in [4.69, 9.17) is 4.42 Å². The van der Waals surface area contributed by atoms with Gasteiger partial charge in [-0.05, 0) is 66.4 Å². The van der Waals surface area contributed by atoms with Gasteiger partial charge in [-0.2, -0.15) is 26.6 Å². The molecular formula is C35H27F3N9NiO6S3-. The molecule has 2 aliphatic rings. The van der Waals surface area contributed by atoms with Gasteiger partial charge in [0.25, 0.3) is 10.1 Å². The van der Waals surface area contributed by atoms with Crippen molar-refractivity contribution in [2.24, 2.45) is 20.5 Å². The number of aromatic nitrogens is 2. The maximum atomic E-state index is 12.9. The Morgan fingerprint density at radius 3 is 1.86 bits per heavy atom. The molecule has 0 atom stereocenters. The van der Waals surface area contributed by atoms with Gasteiger partial charge >= 0.3 is 11.5 Å². The van der Waals surface area contributed by atoms with Crippen molar-refractivity contribution < 1.29 is 55.5 Å². The van der Waals surface area contributed by atoms with Crippen LogP contribution in [0.3, 0.4) is 0 Å². The summed E-state index contributed by atoms with van der Waals surface area (Å²) in [6.07, 6.45) is 5.47. The predicted molar refractivity (Wildman–Crippen MR) is 202 cm³/mol. The van der Waals surface area contributed by atoms with E-state index in [0.29, 0.717) is 23.8 Å². The maximum Gasteiger partial charge on any atom is 0.483 e. The van der Waals surface area contributed by atoms with Crippen molar-refractivity contribution in [2.75, 3.05) is 22.9 Å². The van der Waals surface area contributed by atoms with E-state index < -0.39 is 31.3 Å². The number of nitrogens with zero attached hydrogens (tertiary/aromatic N) is 9. The van der Waals surface area contributed by atoms with Crippen LogP contribution in [0.2, 0.25) is 0 Å². The van der Waals surface area contributed by atoms with Crippen molar-refractivity contribution in [2.45, 2.75) is 23.2 Å². The second-order valence-electron chi connectivity index (χ2n) is 11.9. The molecule has 0 fully saturated rings. The van der Waals surface area contributed by atoms with Crippen molar-refractivity contribution >= 4 is 82.4 Å². The summed E-state index contributed by atoms with van der Waals surface area (Å²) in [4.78, 5) is 11.3. The molecule has 4 heterocycles. The van der Waals surface area contributed by atoms with E-state index in [1.165, 1.54) is 42.0 Å². The molecule has 57 heavy (non-hydrogen) atoms. The number of fused-ring (bicyclic) bond motifs is 2. The molecule has 0 radical (unpaired) electrons. The first-order valence-corrected chi connectivity index (χ1v) is 20.2. The summed E-state index contributed by atoms with van der Waals surface area (Å²) in [5.74, 6) is 0. The van der Waals surface area contributed by atoms with Crippen LogP contribution in [-0.2, 0) is 49.5 Å². The quantitative estimate of drug-likeness (QED) is 0.0828. The molecule has 0 bridgehead atoms. The molecule has 6 aromatic rings.